The maximum atomic E-state index is 14.0. The van der Waals surface area contributed by atoms with Crippen LogP contribution in [0.5, 0.6) is 0 Å². The predicted octanol–water partition coefficient (Wildman–Crippen LogP) is 3.45. The Hall–Kier alpha value is -0.450. The molecule has 0 fully saturated rings. The first-order valence-electron chi connectivity index (χ1n) is 6.53. The Bertz CT molecular complexity index is 430. The quantitative estimate of drug-likeness (QED) is 0.834. The van der Waals surface area contributed by atoms with Crippen LogP contribution in [0.4, 0.5) is 4.39 Å². The van der Waals surface area contributed by atoms with Gasteiger partial charge in [-0.2, -0.15) is 0 Å². The van der Waals surface area contributed by atoms with Crippen molar-refractivity contribution in [1.29, 1.82) is 0 Å². The van der Waals surface area contributed by atoms with Gasteiger partial charge in [-0.1, -0.05) is 29.8 Å². The lowest BCUT2D eigenvalue weighted by Gasteiger charge is -2.33. The molecule has 0 bridgehead atoms. The highest BCUT2D eigenvalue weighted by atomic mass is 79.9. The Balaban J connectivity index is 2.83. The summed E-state index contributed by atoms with van der Waals surface area (Å²) in [5.74, 6) is -0.151. The number of hydrogen-bond donors (Lipinski definition) is 2. The third kappa shape index (κ3) is 4.86. The number of hydrogen-bond acceptors (Lipinski definition) is 2. The van der Waals surface area contributed by atoms with Gasteiger partial charge in [-0.3, -0.25) is 0 Å². The summed E-state index contributed by atoms with van der Waals surface area (Å²) in [7, 11) is 1.93. The van der Waals surface area contributed by atoms with E-state index in [-0.39, 0.29) is 16.8 Å². The van der Waals surface area contributed by atoms with E-state index >= 15 is 0 Å². The fraction of sp³-hybridized carbons (Fsp3) is 0.600. The second-order valence-corrected chi connectivity index (χ2v) is 7.19. The molecule has 0 saturated heterocycles. The van der Waals surface area contributed by atoms with E-state index in [0.29, 0.717) is 0 Å². The topological polar surface area (TPSA) is 24.1 Å². The zero-order chi connectivity index (χ0) is 14.7. The first-order chi connectivity index (χ1) is 8.68. The Labute approximate surface area is 124 Å². The molecule has 0 aliphatic carbocycles. The van der Waals surface area contributed by atoms with Crippen LogP contribution in [0.25, 0.3) is 0 Å². The molecule has 2 N–H and O–H groups in total. The second-order valence-electron chi connectivity index (χ2n) is 6.28. The summed E-state index contributed by atoms with van der Waals surface area (Å²) >= 11 is 3.41. The van der Waals surface area contributed by atoms with E-state index in [1.807, 2.05) is 13.1 Å². The summed E-state index contributed by atoms with van der Waals surface area (Å²) in [4.78, 5) is 0. The van der Waals surface area contributed by atoms with E-state index in [2.05, 4.69) is 54.3 Å². The molecule has 0 heterocycles. The molecule has 2 nitrogen and oxygen atoms in total. The number of benzene rings is 1. The van der Waals surface area contributed by atoms with E-state index < -0.39 is 0 Å². The maximum absolute atomic E-state index is 14.0. The van der Waals surface area contributed by atoms with E-state index in [4.69, 9.17) is 0 Å². The van der Waals surface area contributed by atoms with Gasteiger partial charge >= 0.3 is 0 Å². The van der Waals surface area contributed by atoms with Crippen molar-refractivity contribution in [2.75, 3.05) is 20.1 Å². The van der Waals surface area contributed by atoms with Gasteiger partial charge in [0.05, 0.1) is 0 Å². The highest BCUT2D eigenvalue weighted by molar-refractivity contribution is 9.10. The summed E-state index contributed by atoms with van der Waals surface area (Å²) in [6, 6.07) is 5.11. The average molecular weight is 331 g/mol. The van der Waals surface area contributed by atoms with Crippen LogP contribution in [0, 0.1) is 5.82 Å². The van der Waals surface area contributed by atoms with Crippen molar-refractivity contribution in [2.45, 2.75) is 38.6 Å². The molecule has 0 unspecified atom stereocenters. The molecular weight excluding hydrogens is 307 g/mol. The summed E-state index contributed by atoms with van der Waals surface area (Å²) in [6.45, 7) is 9.97. The highest BCUT2D eigenvalue weighted by Gasteiger charge is 2.27. The van der Waals surface area contributed by atoms with Crippen LogP contribution in [0.1, 0.15) is 33.3 Å². The van der Waals surface area contributed by atoms with Crippen LogP contribution < -0.4 is 10.6 Å². The first-order valence-corrected chi connectivity index (χ1v) is 7.32. The summed E-state index contributed by atoms with van der Waals surface area (Å²) in [5.41, 5.74) is 0.447. The Morgan fingerprint density at radius 2 is 1.79 bits per heavy atom. The van der Waals surface area contributed by atoms with E-state index in [0.717, 1.165) is 23.1 Å². The van der Waals surface area contributed by atoms with Gasteiger partial charge in [-0.25, -0.2) is 4.39 Å². The van der Waals surface area contributed by atoms with Crippen LogP contribution in [-0.2, 0) is 5.41 Å². The lowest BCUT2D eigenvalue weighted by molar-refractivity contribution is 0.328. The van der Waals surface area contributed by atoms with Crippen molar-refractivity contribution in [3.63, 3.8) is 0 Å². The van der Waals surface area contributed by atoms with Crippen molar-refractivity contribution in [3.8, 4) is 0 Å². The average Bonchev–Trinajstić information content (AvgIpc) is 2.30. The minimum Gasteiger partial charge on any atom is -0.318 e. The molecule has 0 aliphatic heterocycles. The molecule has 0 spiro atoms. The first kappa shape index (κ1) is 16.6. The fourth-order valence-corrected chi connectivity index (χ4v) is 2.44. The van der Waals surface area contributed by atoms with Gasteiger partial charge in [0.2, 0.25) is 0 Å². The zero-order valence-electron chi connectivity index (χ0n) is 12.4. The molecule has 108 valence electrons. The van der Waals surface area contributed by atoms with Crippen molar-refractivity contribution >= 4 is 15.9 Å². The summed E-state index contributed by atoms with van der Waals surface area (Å²) in [6.07, 6.45) is 0. The van der Waals surface area contributed by atoms with Gasteiger partial charge < -0.3 is 10.6 Å². The lowest BCUT2D eigenvalue weighted by atomic mass is 9.83. The van der Waals surface area contributed by atoms with E-state index in [9.17, 15) is 4.39 Å². The molecule has 19 heavy (non-hydrogen) atoms. The van der Waals surface area contributed by atoms with Crippen LogP contribution in [0.15, 0.2) is 22.7 Å². The van der Waals surface area contributed by atoms with Crippen molar-refractivity contribution < 1.29 is 4.39 Å². The minimum absolute atomic E-state index is 0.0193. The van der Waals surface area contributed by atoms with Gasteiger partial charge in [0, 0.05) is 28.5 Å². The highest BCUT2D eigenvalue weighted by Crippen LogP contribution is 2.28. The van der Waals surface area contributed by atoms with Crippen molar-refractivity contribution in [2.24, 2.45) is 0 Å². The normalized spacial score (nSPS) is 12.8. The van der Waals surface area contributed by atoms with E-state index in [1.165, 1.54) is 6.07 Å². The summed E-state index contributed by atoms with van der Waals surface area (Å²) < 4.78 is 14.9. The third-order valence-electron chi connectivity index (χ3n) is 3.29. The summed E-state index contributed by atoms with van der Waals surface area (Å²) in [5, 5.41) is 6.66. The number of halogens is 2. The van der Waals surface area contributed by atoms with Gasteiger partial charge in [0.25, 0.3) is 0 Å². The molecule has 1 aromatic carbocycles. The Kier molecular flexibility index (Phi) is 5.53. The maximum Gasteiger partial charge on any atom is 0.127 e. The number of rotatable bonds is 6. The van der Waals surface area contributed by atoms with Gasteiger partial charge in [0.15, 0.2) is 0 Å². The smallest absolute Gasteiger partial charge is 0.127 e. The Morgan fingerprint density at radius 1 is 1.16 bits per heavy atom. The number of nitrogens with one attached hydrogen (secondary N) is 2. The largest absolute Gasteiger partial charge is 0.318 e. The fourth-order valence-electron chi connectivity index (χ4n) is 2.08. The van der Waals surface area contributed by atoms with Crippen LogP contribution >= 0.6 is 15.9 Å². The van der Waals surface area contributed by atoms with Gasteiger partial charge in [-0.05, 0) is 44.7 Å². The van der Waals surface area contributed by atoms with Crippen LogP contribution in [0.2, 0.25) is 0 Å². The molecular formula is C15H24BrFN2. The molecule has 0 atom stereocenters. The van der Waals surface area contributed by atoms with Crippen LogP contribution in [-0.4, -0.2) is 25.7 Å². The predicted molar refractivity (Wildman–Crippen MR) is 83.1 cm³/mol. The standard InChI is InChI=1S/C15H24BrFN2/c1-14(2,9-19-15(3,4)10-18-5)12-8-11(16)6-7-13(12)17/h6-8,18-19H,9-10H2,1-5H3. The Morgan fingerprint density at radius 3 is 2.37 bits per heavy atom. The van der Waals surface area contributed by atoms with Gasteiger partial charge in [-0.15, -0.1) is 0 Å². The van der Waals surface area contributed by atoms with Crippen LogP contribution in [0.3, 0.4) is 0 Å². The zero-order valence-corrected chi connectivity index (χ0v) is 14.0. The monoisotopic (exact) mass is 330 g/mol. The molecule has 0 aliphatic rings. The number of likely N-dealkylation sites (N-methyl/N-ethyl adjacent to an activating group) is 1. The molecule has 0 radical (unpaired) electrons. The molecule has 0 amide bonds. The second kappa shape index (κ2) is 6.33. The van der Waals surface area contributed by atoms with Crippen molar-refractivity contribution in [3.05, 3.63) is 34.1 Å². The van der Waals surface area contributed by atoms with E-state index in [1.54, 1.807) is 6.07 Å². The SMILES string of the molecule is CNCC(C)(C)NCC(C)(C)c1cc(Br)ccc1F. The lowest BCUT2D eigenvalue weighted by Crippen LogP contribution is -2.50. The minimum atomic E-state index is -0.265. The molecule has 4 heteroatoms. The third-order valence-corrected chi connectivity index (χ3v) is 3.78. The molecule has 1 rings (SSSR count). The molecule has 0 saturated carbocycles. The van der Waals surface area contributed by atoms with Gasteiger partial charge in [0.1, 0.15) is 5.82 Å². The molecule has 1 aromatic rings. The van der Waals surface area contributed by atoms with Crippen molar-refractivity contribution in [1.82, 2.24) is 10.6 Å². The molecule has 0 aromatic heterocycles.